The maximum absolute atomic E-state index is 12.7. The average Bonchev–Trinajstić information content (AvgIpc) is 2.78. The summed E-state index contributed by atoms with van der Waals surface area (Å²) >= 11 is 8.42. The summed E-state index contributed by atoms with van der Waals surface area (Å²) in [6.45, 7) is 0.672. The van der Waals surface area contributed by atoms with Crippen molar-refractivity contribution in [2.24, 2.45) is 9.98 Å². The molecule has 0 fully saturated rings. The van der Waals surface area contributed by atoms with Crippen molar-refractivity contribution in [1.29, 1.82) is 0 Å². The Balaban J connectivity index is 1.83. The van der Waals surface area contributed by atoms with Crippen LogP contribution in [0.15, 0.2) is 80.4 Å². The highest BCUT2D eigenvalue weighted by molar-refractivity contribution is 14.1. The van der Waals surface area contributed by atoms with E-state index in [9.17, 15) is 4.79 Å². The van der Waals surface area contributed by atoms with Gasteiger partial charge in [0.1, 0.15) is 5.84 Å². The van der Waals surface area contributed by atoms with Gasteiger partial charge in [0.25, 0.3) is 5.91 Å². The number of aliphatic imine (C=N–C) groups is 2. The number of carbonyl (C=O) groups is 1. The molecule has 0 saturated heterocycles. The molecule has 0 radical (unpaired) electrons. The largest absolute Gasteiger partial charge is 0.327 e. The lowest BCUT2D eigenvalue weighted by Gasteiger charge is -2.21. The summed E-state index contributed by atoms with van der Waals surface area (Å²) in [5.41, 5.74) is 2.29. The number of rotatable bonds is 1. The lowest BCUT2D eigenvalue weighted by molar-refractivity contribution is 0.100. The van der Waals surface area contributed by atoms with Crippen LogP contribution >= 0.6 is 34.2 Å². The van der Waals surface area contributed by atoms with Crippen LogP contribution in [-0.4, -0.2) is 22.5 Å². The summed E-state index contributed by atoms with van der Waals surface area (Å²) in [4.78, 5) is 23.7. The van der Waals surface area contributed by atoms with Crippen molar-refractivity contribution >= 4 is 51.8 Å². The summed E-state index contributed by atoms with van der Waals surface area (Å²) in [5, 5.41) is 0.382. The number of hydrogen-bond acceptors (Lipinski definition) is 2. The van der Waals surface area contributed by atoms with Gasteiger partial charge in [-0.05, 0) is 52.4 Å². The number of carbonyl (C=O) groups excluding carboxylic acids is 1. The van der Waals surface area contributed by atoms with Crippen LogP contribution in [0.25, 0.3) is 0 Å². The predicted molar refractivity (Wildman–Crippen MR) is 113 cm³/mol. The molecule has 0 bridgehead atoms. The third-order valence-corrected chi connectivity index (χ3v) is 5.06. The molecule has 0 unspecified atom stereocenters. The smallest absolute Gasteiger partial charge is 0.280 e. The fourth-order valence-corrected chi connectivity index (χ4v) is 3.57. The quantitative estimate of drug-likeness (QED) is 0.548. The van der Waals surface area contributed by atoms with Crippen molar-refractivity contribution in [3.63, 3.8) is 0 Å². The van der Waals surface area contributed by atoms with Gasteiger partial charge in [-0.2, -0.15) is 4.99 Å². The van der Waals surface area contributed by atoms with Crippen molar-refractivity contribution < 1.29 is 4.79 Å². The number of amides is 1. The van der Waals surface area contributed by atoms with Crippen molar-refractivity contribution in [2.75, 3.05) is 0 Å². The molecule has 2 aliphatic heterocycles. The molecule has 6 heteroatoms. The van der Waals surface area contributed by atoms with E-state index in [4.69, 9.17) is 11.6 Å². The molecule has 0 atom stereocenters. The van der Waals surface area contributed by atoms with Gasteiger partial charge in [-0.15, -0.1) is 0 Å². The third kappa shape index (κ3) is 3.37. The lowest BCUT2D eigenvalue weighted by atomic mass is 10.1. The van der Waals surface area contributed by atoms with Crippen LogP contribution in [0.2, 0.25) is 5.02 Å². The first-order chi connectivity index (χ1) is 12.6. The van der Waals surface area contributed by atoms with Crippen LogP contribution in [0.5, 0.6) is 0 Å². The highest BCUT2D eigenvalue weighted by Gasteiger charge is 2.22. The Bertz CT molecular complexity index is 1020. The minimum atomic E-state index is -0.400. The standard InChI is InChI=1S/C20H13ClIN3O/c21-17-8-4-3-7-16(17)20(26)24-19-15-6-2-1-5-13(15)11-25-12-14(22)9-10-18(25)23-19/h1-10,12H,11H2. The second-order valence-electron chi connectivity index (χ2n) is 5.82. The van der Waals surface area contributed by atoms with E-state index in [1.54, 1.807) is 24.3 Å². The highest BCUT2D eigenvalue weighted by Crippen LogP contribution is 2.24. The zero-order chi connectivity index (χ0) is 18.1. The van der Waals surface area contributed by atoms with E-state index in [1.165, 1.54) is 0 Å². The molecule has 4 nitrogen and oxygen atoms in total. The van der Waals surface area contributed by atoms with Crippen molar-refractivity contribution in [3.05, 3.63) is 92.2 Å². The molecule has 0 N–H and O–H groups in total. The number of hydrogen-bond donors (Lipinski definition) is 0. The molecule has 4 rings (SSSR count). The van der Waals surface area contributed by atoms with E-state index >= 15 is 0 Å². The van der Waals surface area contributed by atoms with E-state index in [1.807, 2.05) is 42.6 Å². The maximum atomic E-state index is 12.7. The van der Waals surface area contributed by atoms with Gasteiger partial charge in [0.2, 0.25) is 0 Å². The molecule has 0 aliphatic carbocycles. The zero-order valence-electron chi connectivity index (χ0n) is 13.6. The summed E-state index contributed by atoms with van der Waals surface area (Å²) < 4.78 is 1.12. The van der Waals surface area contributed by atoms with E-state index in [-0.39, 0.29) is 0 Å². The maximum Gasteiger partial charge on any atom is 0.280 e. The summed E-state index contributed by atoms with van der Waals surface area (Å²) in [7, 11) is 0. The normalized spacial score (nSPS) is 17.2. The van der Waals surface area contributed by atoms with Gasteiger partial charge in [0.05, 0.1) is 10.6 Å². The molecule has 0 aromatic heterocycles. The minimum absolute atomic E-state index is 0.370. The first-order valence-electron chi connectivity index (χ1n) is 7.98. The number of fused-ring (bicyclic) bond motifs is 2. The van der Waals surface area contributed by atoms with Crippen molar-refractivity contribution in [1.82, 2.24) is 4.90 Å². The minimum Gasteiger partial charge on any atom is -0.327 e. The Hall–Kier alpha value is -2.25. The van der Waals surface area contributed by atoms with Crippen LogP contribution < -0.4 is 0 Å². The fraction of sp³-hybridized carbons (Fsp3) is 0.0500. The lowest BCUT2D eigenvalue weighted by Crippen LogP contribution is -2.24. The van der Waals surface area contributed by atoms with Gasteiger partial charge in [0, 0.05) is 21.9 Å². The topological polar surface area (TPSA) is 45.0 Å². The fourth-order valence-electron chi connectivity index (χ4n) is 2.84. The second kappa shape index (κ2) is 7.17. The SMILES string of the molecule is O=C(N=C1N=C2C=CC(I)=CN2Cc2ccccc21)c1ccccc1Cl. The third-order valence-electron chi connectivity index (χ3n) is 4.10. The Labute approximate surface area is 169 Å². The van der Waals surface area contributed by atoms with E-state index < -0.39 is 5.91 Å². The zero-order valence-corrected chi connectivity index (χ0v) is 16.5. The molecule has 0 saturated carbocycles. The van der Waals surface area contributed by atoms with Crippen LogP contribution in [0.4, 0.5) is 0 Å². The molecular weight excluding hydrogens is 461 g/mol. The predicted octanol–water partition coefficient (Wildman–Crippen LogP) is 4.99. The van der Waals surface area contributed by atoms with Crippen molar-refractivity contribution in [3.8, 4) is 0 Å². The molecule has 2 aliphatic rings. The van der Waals surface area contributed by atoms with Gasteiger partial charge >= 0.3 is 0 Å². The Morgan fingerprint density at radius 3 is 2.73 bits per heavy atom. The van der Waals surface area contributed by atoms with E-state index in [0.717, 1.165) is 20.5 Å². The molecule has 1 amide bonds. The Kier molecular flexibility index (Phi) is 4.74. The van der Waals surface area contributed by atoms with Gasteiger partial charge in [-0.1, -0.05) is 48.0 Å². The first-order valence-corrected chi connectivity index (χ1v) is 9.44. The van der Waals surface area contributed by atoms with Gasteiger partial charge in [-0.3, -0.25) is 4.79 Å². The van der Waals surface area contributed by atoms with Crippen LogP contribution in [0.1, 0.15) is 21.5 Å². The molecule has 0 spiro atoms. The highest BCUT2D eigenvalue weighted by atomic mass is 127. The Morgan fingerprint density at radius 1 is 1.12 bits per heavy atom. The first kappa shape index (κ1) is 17.2. The summed E-state index contributed by atoms with van der Waals surface area (Å²) in [5.74, 6) is 0.758. The average molecular weight is 474 g/mol. The summed E-state index contributed by atoms with van der Waals surface area (Å²) in [6.07, 6.45) is 5.96. The molecule has 2 aromatic rings. The van der Waals surface area contributed by atoms with Gasteiger partial charge in [0.15, 0.2) is 5.84 Å². The number of halogens is 2. The molecule has 2 aromatic carbocycles. The number of amidine groups is 2. The number of allylic oxidation sites excluding steroid dienone is 2. The van der Waals surface area contributed by atoms with Gasteiger partial charge in [-0.25, -0.2) is 4.99 Å². The van der Waals surface area contributed by atoms with Crippen LogP contribution in [0.3, 0.4) is 0 Å². The molecular formula is C20H13ClIN3O. The van der Waals surface area contributed by atoms with Crippen molar-refractivity contribution in [2.45, 2.75) is 6.54 Å². The molecule has 128 valence electrons. The number of benzene rings is 2. The second-order valence-corrected chi connectivity index (χ2v) is 7.48. The van der Waals surface area contributed by atoms with Gasteiger partial charge < -0.3 is 4.90 Å². The summed E-state index contributed by atoms with van der Waals surface area (Å²) in [6, 6.07) is 14.8. The van der Waals surface area contributed by atoms with Crippen LogP contribution in [-0.2, 0) is 6.54 Å². The van der Waals surface area contributed by atoms with E-state index in [0.29, 0.717) is 23.0 Å². The Morgan fingerprint density at radius 2 is 1.88 bits per heavy atom. The van der Waals surface area contributed by atoms with E-state index in [2.05, 4.69) is 37.5 Å². The monoisotopic (exact) mass is 473 g/mol. The molecule has 2 heterocycles. The van der Waals surface area contributed by atoms with Crippen LogP contribution in [0, 0.1) is 0 Å². The number of nitrogens with zero attached hydrogens (tertiary/aromatic N) is 3. The molecule has 26 heavy (non-hydrogen) atoms.